The first-order chi connectivity index (χ1) is 7.27. The van der Waals surface area contributed by atoms with E-state index < -0.39 is 0 Å². The molecule has 0 bridgehead atoms. The molecule has 0 saturated heterocycles. The van der Waals surface area contributed by atoms with E-state index in [1.807, 2.05) is 12.1 Å². The monoisotopic (exact) mass is 196 g/mol. The molecule has 0 unspecified atom stereocenters. The van der Waals surface area contributed by atoms with Crippen LogP contribution in [0.25, 0.3) is 11.1 Å². The number of hydrogen-bond acceptors (Lipinski definition) is 1. The van der Waals surface area contributed by atoms with E-state index >= 15 is 0 Å². The fourth-order valence-corrected chi connectivity index (χ4v) is 1.54. The molecule has 0 heterocycles. The average molecular weight is 196 g/mol. The standard InChI is InChI=1S/C14H14N/c1-15(2)14-10-6-9-13(11-14)12-7-4-3-5-8-12/h4-11H,1-2H3. The Hall–Kier alpha value is -1.76. The molecule has 0 atom stereocenters. The number of rotatable bonds is 2. The van der Waals surface area contributed by atoms with Crippen LogP contribution in [0.15, 0.2) is 48.5 Å². The molecule has 0 aliphatic carbocycles. The van der Waals surface area contributed by atoms with Gasteiger partial charge in [-0.05, 0) is 29.3 Å². The summed E-state index contributed by atoms with van der Waals surface area (Å²) in [5.74, 6) is 0. The topological polar surface area (TPSA) is 3.24 Å². The van der Waals surface area contributed by atoms with Gasteiger partial charge in [-0.3, -0.25) is 0 Å². The minimum atomic E-state index is 1.22. The lowest BCUT2D eigenvalue weighted by atomic mass is 10.1. The maximum Gasteiger partial charge on any atom is 0.0367 e. The van der Waals surface area contributed by atoms with Crippen LogP contribution in [0.5, 0.6) is 0 Å². The Bertz CT molecular complexity index is 432. The zero-order valence-electron chi connectivity index (χ0n) is 9.07. The molecule has 0 N–H and O–H groups in total. The molecule has 0 aliphatic rings. The molecule has 75 valence electrons. The summed E-state index contributed by atoms with van der Waals surface area (Å²) in [6.45, 7) is 0. The molecule has 1 radical (unpaired) electrons. The van der Waals surface area contributed by atoms with Gasteiger partial charge in [0.15, 0.2) is 0 Å². The smallest absolute Gasteiger partial charge is 0.0367 e. The number of benzene rings is 2. The van der Waals surface area contributed by atoms with Gasteiger partial charge < -0.3 is 4.90 Å². The highest BCUT2D eigenvalue weighted by Crippen LogP contribution is 2.23. The molecule has 0 spiro atoms. The second-order valence-corrected chi connectivity index (χ2v) is 3.73. The van der Waals surface area contributed by atoms with Crippen molar-refractivity contribution < 1.29 is 0 Å². The van der Waals surface area contributed by atoms with Crippen molar-refractivity contribution in [3.63, 3.8) is 0 Å². The first kappa shape index (κ1) is 9.78. The largest absolute Gasteiger partial charge is 0.378 e. The van der Waals surface area contributed by atoms with E-state index in [1.54, 1.807) is 0 Å². The normalized spacial score (nSPS) is 10.0. The van der Waals surface area contributed by atoms with Gasteiger partial charge in [0.25, 0.3) is 0 Å². The van der Waals surface area contributed by atoms with E-state index in [0.29, 0.717) is 0 Å². The van der Waals surface area contributed by atoms with Crippen LogP contribution >= 0.6 is 0 Å². The van der Waals surface area contributed by atoms with Crippen LogP contribution in [0.4, 0.5) is 5.69 Å². The lowest BCUT2D eigenvalue weighted by molar-refractivity contribution is 1.13. The first-order valence-electron chi connectivity index (χ1n) is 5.01. The minimum Gasteiger partial charge on any atom is -0.378 e. The molecule has 1 nitrogen and oxygen atoms in total. The van der Waals surface area contributed by atoms with Gasteiger partial charge in [-0.25, -0.2) is 0 Å². The van der Waals surface area contributed by atoms with Crippen molar-refractivity contribution in [2.45, 2.75) is 0 Å². The molecule has 0 fully saturated rings. The quantitative estimate of drug-likeness (QED) is 0.712. The van der Waals surface area contributed by atoms with Gasteiger partial charge in [0.05, 0.1) is 0 Å². The molecule has 2 aromatic rings. The molecule has 2 rings (SSSR count). The lowest BCUT2D eigenvalue weighted by Crippen LogP contribution is -2.08. The predicted octanol–water partition coefficient (Wildman–Crippen LogP) is 3.22. The number of hydrogen-bond donors (Lipinski definition) is 0. The van der Waals surface area contributed by atoms with Crippen LogP contribution in [0, 0.1) is 6.07 Å². The number of anilines is 1. The van der Waals surface area contributed by atoms with Gasteiger partial charge >= 0.3 is 0 Å². The van der Waals surface area contributed by atoms with Gasteiger partial charge in [0, 0.05) is 19.8 Å². The zero-order chi connectivity index (χ0) is 10.7. The van der Waals surface area contributed by atoms with Gasteiger partial charge in [0.1, 0.15) is 0 Å². The van der Waals surface area contributed by atoms with Gasteiger partial charge in [-0.2, -0.15) is 0 Å². The van der Waals surface area contributed by atoms with Crippen molar-refractivity contribution >= 4 is 5.69 Å². The molecular formula is C14H14N. The Kier molecular flexibility index (Phi) is 2.72. The van der Waals surface area contributed by atoms with Crippen LogP contribution in [-0.2, 0) is 0 Å². The summed E-state index contributed by atoms with van der Waals surface area (Å²) in [7, 11) is 4.11. The van der Waals surface area contributed by atoms with Crippen LogP contribution in [0.1, 0.15) is 0 Å². The summed E-state index contributed by atoms with van der Waals surface area (Å²) < 4.78 is 0. The van der Waals surface area contributed by atoms with Crippen molar-refractivity contribution in [2.24, 2.45) is 0 Å². The molecule has 0 aliphatic heterocycles. The lowest BCUT2D eigenvalue weighted by Gasteiger charge is -2.13. The minimum absolute atomic E-state index is 1.22. The number of nitrogens with zero attached hydrogens (tertiary/aromatic N) is 1. The molecule has 0 amide bonds. The summed E-state index contributed by atoms with van der Waals surface area (Å²) in [6, 6.07) is 19.6. The van der Waals surface area contributed by atoms with E-state index in [4.69, 9.17) is 0 Å². The zero-order valence-corrected chi connectivity index (χ0v) is 9.07. The highest BCUT2D eigenvalue weighted by Gasteiger charge is 1.99. The van der Waals surface area contributed by atoms with Crippen molar-refractivity contribution in [1.29, 1.82) is 0 Å². The van der Waals surface area contributed by atoms with Gasteiger partial charge in [-0.1, -0.05) is 36.4 Å². The summed E-state index contributed by atoms with van der Waals surface area (Å²) >= 11 is 0. The van der Waals surface area contributed by atoms with E-state index in [-0.39, 0.29) is 0 Å². The van der Waals surface area contributed by atoms with Crippen LogP contribution in [0.3, 0.4) is 0 Å². The van der Waals surface area contributed by atoms with E-state index in [0.717, 1.165) is 0 Å². The molecule has 15 heavy (non-hydrogen) atoms. The van der Waals surface area contributed by atoms with Crippen LogP contribution in [0.2, 0.25) is 0 Å². The Labute approximate surface area is 91.0 Å². The van der Waals surface area contributed by atoms with E-state index in [9.17, 15) is 0 Å². The predicted molar refractivity (Wildman–Crippen MR) is 65.0 cm³/mol. The van der Waals surface area contributed by atoms with E-state index in [2.05, 4.69) is 61.5 Å². The summed E-state index contributed by atoms with van der Waals surface area (Å²) in [6.07, 6.45) is 0. The third-order valence-corrected chi connectivity index (χ3v) is 2.41. The molecule has 2 aromatic carbocycles. The van der Waals surface area contributed by atoms with E-state index in [1.165, 1.54) is 16.8 Å². The van der Waals surface area contributed by atoms with Gasteiger partial charge in [-0.15, -0.1) is 0 Å². The second-order valence-electron chi connectivity index (χ2n) is 3.73. The van der Waals surface area contributed by atoms with Crippen LogP contribution < -0.4 is 4.90 Å². The third kappa shape index (κ3) is 2.18. The first-order valence-corrected chi connectivity index (χ1v) is 5.01. The maximum absolute atomic E-state index is 3.03. The Morgan fingerprint density at radius 2 is 1.67 bits per heavy atom. The Balaban J connectivity index is 2.42. The van der Waals surface area contributed by atoms with Crippen molar-refractivity contribution in [3.05, 3.63) is 54.6 Å². The molecule has 0 aromatic heterocycles. The summed E-state index contributed by atoms with van der Waals surface area (Å²) in [5, 5.41) is 0. The average Bonchev–Trinajstić information content (AvgIpc) is 2.30. The van der Waals surface area contributed by atoms with Crippen molar-refractivity contribution in [3.8, 4) is 11.1 Å². The van der Waals surface area contributed by atoms with Gasteiger partial charge in [0.2, 0.25) is 0 Å². The molecule has 0 saturated carbocycles. The van der Waals surface area contributed by atoms with Crippen LogP contribution in [-0.4, -0.2) is 14.1 Å². The Morgan fingerprint density at radius 1 is 0.933 bits per heavy atom. The maximum atomic E-state index is 3.03. The fourth-order valence-electron chi connectivity index (χ4n) is 1.54. The highest BCUT2D eigenvalue weighted by atomic mass is 15.1. The Morgan fingerprint density at radius 3 is 2.33 bits per heavy atom. The second kappa shape index (κ2) is 4.18. The fraction of sp³-hybridized carbons (Fsp3) is 0.143. The molecule has 1 heteroatoms. The summed E-state index contributed by atoms with van der Waals surface area (Å²) in [5.41, 5.74) is 3.70. The SMILES string of the molecule is CN(C)c1cccc(-c2cc[c]cc2)c1. The highest BCUT2D eigenvalue weighted by molar-refractivity contribution is 5.68. The molecular weight excluding hydrogens is 182 g/mol. The van der Waals surface area contributed by atoms with Crippen molar-refractivity contribution in [2.75, 3.05) is 19.0 Å². The third-order valence-electron chi connectivity index (χ3n) is 2.41. The van der Waals surface area contributed by atoms with Crippen molar-refractivity contribution in [1.82, 2.24) is 0 Å². The summed E-state index contributed by atoms with van der Waals surface area (Å²) in [4.78, 5) is 2.11.